The van der Waals surface area contributed by atoms with Crippen LogP contribution in [0.1, 0.15) is 30.0 Å². The van der Waals surface area contributed by atoms with Crippen molar-refractivity contribution < 1.29 is 9.47 Å². The highest BCUT2D eigenvalue weighted by atomic mass is 79.9. The third-order valence-corrected chi connectivity index (χ3v) is 4.67. The zero-order valence-electron chi connectivity index (χ0n) is 16.7. The summed E-state index contributed by atoms with van der Waals surface area (Å²) in [5.74, 6) is 1.49. The Labute approximate surface area is 189 Å². The minimum Gasteiger partial charge on any atom is -0.493 e. The first kappa shape index (κ1) is 27.0. The smallest absolute Gasteiger partial charge is 0.175 e. The number of nitrogens with one attached hydrogen (secondary N) is 2. The van der Waals surface area contributed by atoms with Crippen LogP contribution in [0.15, 0.2) is 40.9 Å². The highest BCUT2D eigenvalue weighted by Crippen LogP contribution is 2.37. The second-order valence-corrected chi connectivity index (χ2v) is 7.12. The molecule has 4 nitrogen and oxygen atoms in total. The summed E-state index contributed by atoms with van der Waals surface area (Å²) in [6.45, 7) is 8.57. The molecule has 7 heteroatoms. The number of ether oxygens (including phenoxy) is 2. The standard InChI is InChI=1S/C21H29BrN2O2.2ClH/c1-4-23-10-5-11-24-14-18-12-19(22)21(20(13-18)25-3)26-15-17-8-6-16(2)7-9-17;;/h6-9,12-13,23-24H,4-5,10-11,14-15H2,1-3H3;2*1H. The lowest BCUT2D eigenvalue weighted by Gasteiger charge is -2.15. The van der Waals surface area contributed by atoms with E-state index in [2.05, 4.69) is 70.7 Å². The van der Waals surface area contributed by atoms with Gasteiger partial charge in [-0.05, 0) is 72.2 Å². The summed E-state index contributed by atoms with van der Waals surface area (Å²) in [6, 6.07) is 12.5. The summed E-state index contributed by atoms with van der Waals surface area (Å²) in [5.41, 5.74) is 3.55. The minimum absolute atomic E-state index is 0. The molecule has 0 saturated heterocycles. The van der Waals surface area contributed by atoms with Gasteiger partial charge in [0.25, 0.3) is 0 Å². The molecule has 0 fully saturated rings. The van der Waals surface area contributed by atoms with E-state index in [9.17, 15) is 0 Å². The maximum absolute atomic E-state index is 6.01. The van der Waals surface area contributed by atoms with Crippen LogP contribution < -0.4 is 20.1 Å². The van der Waals surface area contributed by atoms with Gasteiger partial charge in [0.15, 0.2) is 11.5 Å². The van der Waals surface area contributed by atoms with E-state index in [1.807, 2.05) is 6.07 Å². The van der Waals surface area contributed by atoms with Gasteiger partial charge in [0.05, 0.1) is 11.6 Å². The average Bonchev–Trinajstić information content (AvgIpc) is 2.64. The fourth-order valence-corrected chi connectivity index (χ4v) is 3.21. The van der Waals surface area contributed by atoms with Crippen LogP contribution in [0.3, 0.4) is 0 Å². The number of hydrogen-bond acceptors (Lipinski definition) is 4. The maximum Gasteiger partial charge on any atom is 0.175 e. The van der Waals surface area contributed by atoms with E-state index < -0.39 is 0 Å². The number of methoxy groups -OCH3 is 1. The second-order valence-electron chi connectivity index (χ2n) is 6.27. The minimum atomic E-state index is 0. The Balaban J connectivity index is 0.00000364. The Hall–Kier alpha value is -0.980. The molecule has 0 aliphatic heterocycles. The van der Waals surface area contributed by atoms with Crippen molar-refractivity contribution >= 4 is 40.7 Å². The van der Waals surface area contributed by atoms with E-state index in [1.54, 1.807) is 7.11 Å². The average molecular weight is 494 g/mol. The number of hydrogen-bond donors (Lipinski definition) is 2. The van der Waals surface area contributed by atoms with Gasteiger partial charge in [-0.1, -0.05) is 36.8 Å². The summed E-state index contributed by atoms with van der Waals surface area (Å²) in [6.07, 6.45) is 1.11. The lowest BCUT2D eigenvalue weighted by atomic mass is 10.1. The van der Waals surface area contributed by atoms with E-state index in [0.29, 0.717) is 6.61 Å². The van der Waals surface area contributed by atoms with Crippen LogP contribution in [-0.4, -0.2) is 26.7 Å². The summed E-state index contributed by atoms with van der Waals surface area (Å²) in [4.78, 5) is 0. The molecule has 2 aromatic rings. The first-order valence-electron chi connectivity index (χ1n) is 9.10. The SMILES string of the molecule is CCNCCCNCc1cc(Br)c(OCc2ccc(C)cc2)c(OC)c1.Cl.Cl. The van der Waals surface area contributed by atoms with Crippen molar-refractivity contribution in [1.29, 1.82) is 0 Å². The van der Waals surface area contributed by atoms with Crippen LogP contribution >= 0.6 is 40.7 Å². The summed E-state index contributed by atoms with van der Waals surface area (Å²) < 4.78 is 12.5. The van der Waals surface area contributed by atoms with Crippen molar-refractivity contribution in [3.05, 3.63) is 57.6 Å². The van der Waals surface area contributed by atoms with E-state index in [-0.39, 0.29) is 24.8 Å². The third kappa shape index (κ3) is 9.01. The molecule has 0 atom stereocenters. The van der Waals surface area contributed by atoms with Gasteiger partial charge in [-0.3, -0.25) is 0 Å². The molecule has 2 aromatic carbocycles. The molecule has 0 unspecified atom stereocenters. The van der Waals surface area contributed by atoms with Gasteiger partial charge in [0, 0.05) is 6.54 Å². The largest absolute Gasteiger partial charge is 0.493 e. The number of benzene rings is 2. The molecule has 28 heavy (non-hydrogen) atoms. The predicted molar refractivity (Wildman–Crippen MR) is 126 cm³/mol. The highest BCUT2D eigenvalue weighted by molar-refractivity contribution is 9.10. The first-order valence-corrected chi connectivity index (χ1v) is 9.89. The molecule has 0 radical (unpaired) electrons. The summed E-state index contributed by atoms with van der Waals surface area (Å²) in [5, 5.41) is 6.79. The fraction of sp³-hybridized carbons (Fsp3) is 0.429. The van der Waals surface area contributed by atoms with Crippen molar-refractivity contribution in [2.45, 2.75) is 33.4 Å². The molecular weight excluding hydrogens is 463 g/mol. The first-order chi connectivity index (χ1) is 12.6. The third-order valence-electron chi connectivity index (χ3n) is 4.08. The molecule has 0 saturated carbocycles. The Morgan fingerprint density at radius 2 is 1.64 bits per heavy atom. The monoisotopic (exact) mass is 492 g/mol. The topological polar surface area (TPSA) is 42.5 Å². The maximum atomic E-state index is 6.01. The molecule has 0 aliphatic carbocycles. The van der Waals surface area contributed by atoms with Gasteiger partial charge < -0.3 is 20.1 Å². The molecule has 2 rings (SSSR count). The van der Waals surface area contributed by atoms with Crippen molar-refractivity contribution in [3.63, 3.8) is 0 Å². The van der Waals surface area contributed by atoms with Gasteiger partial charge in [0.1, 0.15) is 6.61 Å². The van der Waals surface area contributed by atoms with Crippen LogP contribution in [0, 0.1) is 6.92 Å². The molecule has 0 aliphatic rings. The van der Waals surface area contributed by atoms with Crippen molar-refractivity contribution in [2.75, 3.05) is 26.7 Å². The van der Waals surface area contributed by atoms with Crippen LogP contribution in [0.2, 0.25) is 0 Å². The quantitative estimate of drug-likeness (QED) is 0.418. The Kier molecular flexibility index (Phi) is 14.4. The summed E-state index contributed by atoms with van der Waals surface area (Å²) in [7, 11) is 1.67. The van der Waals surface area contributed by atoms with Crippen molar-refractivity contribution in [2.24, 2.45) is 0 Å². The van der Waals surface area contributed by atoms with E-state index in [0.717, 1.165) is 54.1 Å². The van der Waals surface area contributed by atoms with E-state index in [4.69, 9.17) is 9.47 Å². The Morgan fingerprint density at radius 3 is 2.29 bits per heavy atom. The zero-order chi connectivity index (χ0) is 18.8. The van der Waals surface area contributed by atoms with Crippen molar-refractivity contribution in [1.82, 2.24) is 10.6 Å². The van der Waals surface area contributed by atoms with Gasteiger partial charge in [-0.15, -0.1) is 24.8 Å². The molecule has 0 aromatic heterocycles. The molecule has 2 N–H and O–H groups in total. The molecule has 0 amide bonds. The number of aryl methyl sites for hydroxylation is 1. The number of rotatable bonds is 11. The normalized spacial score (nSPS) is 10.0. The molecule has 0 heterocycles. The molecule has 158 valence electrons. The van der Waals surface area contributed by atoms with E-state index >= 15 is 0 Å². The number of halogens is 3. The van der Waals surface area contributed by atoms with Gasteiger partial charge in [0.2, 0.25) is 0 Å². The van der Waals surface area contributed by atoms with Crippen LogP contribution in [0.25, 0.3) is 0 Å². The van der Waals surface area contributed by atoms with Crippen molar-refractivity contribution in [3.8, 4) is 11.5 Å². The molecule has 0 bridgehead atoms. The van der Waals surface area contributed by atoms with Crippen LogP contribution in [0.4, 0.5) is 0 Å². The Bertz CT molecular complexity index is 685. The molecule has 0 spiro atoms. The van der Waals surface area contributed by atoms with Gasteiger partial charge in [-0.25, -0.2) is 0 Å². The van der Waals surface area contributed by atoms with Crippen LogP contribution in [0.5, 0.6) is 11.5 Å². The van der Waals surface area contributed by atoms with E-state index in [1.165, 1.54) is 11.1 Å². The predicted octanol–water partition coefficient (Wildman–Crippen LogP) is 5.28. The van der Waals surface area contributed by atoms with Gasteiger partial charge in [-0.2, -0.15) is 0 Å². The zero-order valence-corrected chi connectivity index (χ0v) is 19.9. The van der Waals surface area contributed by atoms with Gasteiger partial charge >= 0.3 is 0 Å². The Morgan fingerprint density at radius 1 is 0.964 bits per heavy atom. The lowest BCUT2D eigenvalue weighted by molar-refractivity contribution is 0.282. The second kappa shape index (κ2) is 14.9. The van der Waals surface area contributed by atoms with Crippen LogP contribution in [-0.2, 0) is 13.2 Å². The molecular formula is C21H31BrCl2N2O2. The fourth-order valence-electron chi connectivity index (χ4n) is 2.60. The lowest BCUT2D eigenvalue weighted by Crippen LogP contribution is -2.21. The highest BCUT2D eigenvalue weighted by Gasteiger charge is 2.12. The summed E-state index contributed by atoms with van der Waals surface area (Å²) >= 11 is 3.62.